The Morgan fingerprint density at radius 1 is 1.48 bits per heavy atom. The summed E-state index contributed by atoms with van der Waals surface area (Å²) in [4.78, 5) is 30.1. The van der Waals surface area contributed by atoms with Crippen LogP contribution < -0.4 is 5.32 Å². The average molecular weight is 313 g/mol. The topological polar surface area (TPSA) is 75.4 Å². The van der Waals surface area contributed by atoms with Gasteiger partial charge in [-0.1, -0.05) is 6.07 Å². The third-order valence-corrected chi connectivity index (χ3v) is 4.31. The largest absolute Gasteiger partial charge is 0.459 e. The van der Waals surface area contributed by atoms with E-state index >= 15 is 0 Å². The molecule has 6 nitrogen and oxygen atoms in total. The van der Waals surface area contributed by atoms with Gasteiger partial charge in [0.25, 0.3) is 5.91 Å². The van der Waals surface area contributed by atoms with Crippen LogP contribution in [0, 0.1) is 12.8 Å². The van der Waals surface area contributed by atoms with Gasteiger partial charge in [0.05, 0.1) is 12.3 Å². The van der Waals surface area contributed by atoms with Crippen molar-refractivity contribution in [3.05, 3.63) is 53.7 Å². The Balaban J connectivity index is 1.72. The molecular weight excluding hydrogens is 294 g/mol. The van der Waals surface area contributed by atoms with Crippen molar-refractivity contribution in [2.45, 2.75) is 19.4 Å². The molecule has 1 N–H and O–H groups in total. The molecule has 23 heavy (non-hydrogen) atoms. The van der Waals surface area contributed by atoms with Crippen LogP contribution in [0.1, 0.15) is 34.1 Å². The predicted octanol–water partition coefficient (Wildman–Crippen LogP) is 1.93. The zero-order valence-corrected chi connectivity index (χ0v) is 13.2. The first-order valence-electron chi connectivity index (χ1n) is 7.56. The van der Waals surface area contributed by atoms with Crippen LogP contribution in [0.25, 0.3) is 0 Å². The van der Waals surface area contributed by atoms with E-state index in [0.717, 1.165) is 11.1 Å². The van der Waals surface area contributed by atoms with E-state index in [-0.39, 0.29) is 23.8 Å². The fraction of sp³-hybridized carbons (Fsp3) is 0.353. The number of likely N-dealkylation sites (tertiary alicyclic amines) is 1. The van der Waals surface area contributed by atoms with E-state index in [1.54, 1.807) is 30.4 Å². The van der Waals surface area contributed by atoms with Crippen molar-refractivity contribution in [3.63, 3.8) is 0 Å². The lowest BCUT2D eigenvalue weighted by Gasteiger charge is -2.25. The molecule has 0 radical (unpaired) electrons. The Hall–Kier alpha value is -2.63. The van der Waals surface area contributed by atoms with Gasteiger partial charge in [0, 0.05) is 43.9 Å². The summed E-state index contributed by atoms with van der Waals surface area (Å²) in [6, 6.07) is 5.49. The molecule has 1 saturated heterocycles. The van der Waals surface area contributed by atoms with Gasteiger partial charge in [-0.05, 0) is 24.6 Å². The van der Waals surface area contributed by atoms with E-state index in [9.17, 15) is 9.59 Å². The minimum absolute atomic E-state index is 0.0101. The number of rotatable bonds is 4. The second kappa shape index (κ2) is 6.24. The number of aromatic nitrogens is 1. The summed E-state index contributed by atoms with van der Waals surface area (Å²) < 4.78 is 5.20. The highest BCUT2D eigenvalue weighted by Crippen LogP contribution is 2.36. The predicted molar refractivity (Wildman–Crippen MR) is 83.6 cm³/mol. The van der Waals surface area contributed by atoms with Crippen molar-refractivity contribution < 1.29 is 14.0 Å². The molecule has 0 bridgehead atoms. The molecule has 3 rings (SSSR count). The molecule has 1 aliphatic rings. The summed E-state index contributed by atoms with van der Waals surface area (Å²) in [6.45, 7) is 2.23. The van der Waals surface area contributed by atoms with E-state index < -0.39 is 0 Å². The summed E-state index contributed by atoms with van der Waals surface area (Å²) in [5.74, 6) is 0.156. The standard InChI is InChI=1S/C17H19N3O3/c1-11-5-7-23-16(11)17(22)19-10-13-8-14(21)20(2)15(13)12-4-3-6-18-9-12/h3-7,9,13,15H,8,10H2,1-2H3,(H,19,22)/t13-,15-/m0/s1. The molecule has 120 valence electrons. The van der Waals surface area contributed by atoms with Crippen molar-refractivity contribution in [1.29, 1.82) is 0 Å². The Morgan fingerprint density at radius 2 is 2.30 bits per heavy atom. The molecule has 0 spiro atoms. The monoisotopic (exact) mass is 313 g/mol. The number of amides is 2. The molecule has 2 aromatic heterocycles. The van der Waals surface area contributed by atoms with Crippen molar-refractivity contribution >= 4 is 11.8 Å². The number of pyridine rings is 1. The molecule has 1 aliphatic heterocycles. The third kappa shape index (κ3) is 2.97. The van der Waals surface area contributed by atoms with Crippen LogP contribution >= 0.6 is 0 Å². The molecule has 1 fully saturated rings. The normalized spacial score (nSPS) is 20.8. The van der Waals surface area contributed by atoms with Crippen molar-refractivity contribution in [1.82, 2.24) is 15.2 Å². The lowest BCUT2D eigenvalue weighted by atomic mass is 9.94. The number of furan rings is 1. The first-order chi connectivity index (χ1) is 11.1. The number of nitrogens with zero attached hydrogens (tertiary/aromatic N) is 2. The maximum atomic E-state index is 12.2. The van der Waals surface area contributed by atoms with Gasteiger partial charge in [-0.3, -0.25) is 14.6 Å². The van der Waals surface area contributed by atoms with Gasteiger partial charge in [-0.15, -0.1) is 0 Å². The Morgan fingerprint density at radius 3 is 2.96 bits per heavy atom. The molecule has 6 heteroatoms. The molecule has 0 saturated carbocycles. The van der Waals surface area contributed by atoms with Crippen LogP contribution in [0.2, 0.25) is 0 Å². The van der Waals surface area contributed by atoms with Crippen molar-refractivity contribution in [3.8, 4) is 0 Å². The van der Waals surface area contributed by atoms with Crippen LogP contribution in [0.15, 0.2) is 41.3 Å². The second-order valence-corrected chi connectivity index (χ2v) is 5.84. The Labute approximate surface area is 134 Å². The number of hydrogen-bond donors (Lipinski definition) is 1. The van der Waals surface area contributed by atoms with E-state index in [1.165, 1.54) is 6.26 Å². The van der Waals surface area contributed by atoms with Crippen molar-refractivity contribution in [2.24, 2.45) is 5.92 Å². The number of carbonyl (C=O) groups excluding carboxylic acids is 2. The highest BCUT2D eigenvalue weighted by Gasteiger charge is 2.38. The molecule has 3 heterocycles. The summed E-state index contributed by atoms with van der Waals surface area (Å²) in [7, 11) is 1.79. The first kappa shape index (κ1) is 15.3. The number of nitrogens with one attached hydrogen (secondary N) is 1. The maximum Gasteiger partial charge on any atom is 0.287 e. The number of carbonyl (C=O) groups is 2. The third-order valence-electron chi connectivity index (χ3n) is 4.31. The SMILES string of the molecule is Cc1ccoc1C(=O)NC[C@@H]1CC(=O)N(C)[C@H]1c1cccnc1. The minimum Gasteiger partial charge on any atom is -0.459 e. The van der Waals surface area contributed by atoms with Gasteiger partial charge < -0.3 is 14.6 Å². The Bertz CT molecular complexity index is 711. The smallest absolute Gasteiger partial charge is 0.287 e. The van der Waals surface area contributed by atoms with Gasteiger partial charge >= 0.3 is 0 Å². The van der Waals surface area contributed by atoms with Crippen LogP contribution in [-0.4, -0.2) is 35.3 Å². The van der Waals surface area contributed by atoms with E-state index in [0.29, 0.717) is 18.7 Å². The van der Waals surface area contributed by atoms with E-state index in [2.05, 4.69) is 10.3 Å². The molecule has 2 amide bonds. The summed E-state index contributed by atoms with van der Waals surface area (Å²) in [5, 5.41) is 2.88. The summed E-state index contributed by atoms with van der Waals surface area (Å²) >= 11 is 0. The number of hydrogen-bond acceptors (Lipinski definition) is 4. The van der Waals surface area contributed by atoms with E-state index in [4.69, 9.17) is 4.42 Å². The van der Waals surface area contributed by atoms with E-state index in [1.807, 2.05) is 19.1 Å². The average Bonchev–Trinajstić information content (AvgIpc) is 3.10. The highest BCUT2D eigenvalue weighted by atomic mass is 16.3. The van der Waals surface area contributed by atoms with Crippen LogP contribution in [0.3, 0.4) is 0 Å². The zero-order valence-electron chi connectivity index (χ0n) is 13.2. The molecule has 0 aliphatic carbocycles. The lowest BCUT2D eigenvalue weighted by Crippen LogP contribution is -2.32. The number of aryl methyl sites for hydroxylation is 1. The fourth-order valence-corrected chi connectivity index (χ4v) is 3.09. The highest BCUT2D eigenvalue weighted by molar-refractivity contribution is 5.92. The molecule has 2 aromatic rings. The zero-order chi connectivity index (χ0) is 16.4. The lowest BCUT2D eigenvalue weighted by molar-refractivity contribution is -0.127. The quantitative estimate of drug-likeness (QED) is 0.936. The first-order valence-corrected chi connectivity index (χ1v) is 7.56. The van der Waals surface area contributed by atoms with Gasteiger partial charge in [0.2, 0.25) is 5.91 Å². The minimum atomic E-state index is -0.251. The van der Waals surface area contributed by atoms with Gasteiger partial charge in [-0.25, -0.2) is 0 Å². The molecular formula is C17H19N3O3. The maximum absolute atomic E-state index is 12.2. The summed E-state index contributed by atoms with van der Waals surface area (Å²) in [5.41, 5.74) is 1.78. The van der Waals surface area contributed by atoms with Gasteiger partial charge in [0.1, 0.15) is 0 Å². The van der Waals surface area contributed by atoms with Gasteiger partial charge in [-0.2, -0.15) is 0 Å². The van der Waals surface area contributed by atoms with Crippen LogP contribution in [-0.2, 0) is 4.79 Å². The van der Waals surface area contributed by atoms with Crippen LogP contribution in [0.4, 0.5) is 0 Å². The fourth-order valence-electron chi connectivity index (χ4n) is 3.09. The summed E-state index contributed by atoms with van der Waals surface area (Å²) in [6.07, 6.45) is 5.38. The Kier molecular flexibility index (Phi) is 4.14. The molecule has 0 aromatic carbocycles. The second-order valence-electron chi connectivity index (χ2n) is 5.84. The van der Waals surface area contributed by atoms with Gasteiger partial charge in [0.15, 0.2) is 5.76 Å². The molecule has 0 unspecified atom stereocenters. The molecule has 2 atom stereocenters. The van der Waals surface area contributed by atoms with Crippen LogP contribution in [0.5, 0.6) is 0 Å². The van der Waals surface area contributed by atoms with Crippen molar-refractivity contribution in [2.75, 3.05) is 13.6 Å².